The van der Waals surface area contributed by atoms with Crippen LogP contribution in [0.5, 0.6) is 0 Å². The highest BCUT2D eigenvalue weighted by atomic mass is 16.4. The lowest BCUT2D eigenvalue weighted by Crippen LogP contribution is -2.60. The van der Waals surface area contributed by atoms with Crippen molar-refractivity contribution in [2.75, 3.05) is 13.2 Å². The standard InChI is InChI=1S/C48H78N10O14/c1-23(2)17-31(42(65)54-33(48(71)72)18-24(3)4)52-40(63)28(11)51-44(67)34(22-59)55-46(69)38(26(7)8)56-35(60)21-50-45(68)37(25(5)6)58-43(66)32(20-36(61)62)53-47(70)39(27(9)10)57-41(64)30(49)19-29-15-13-12-14-16-29/h12-16,23-28,30-34,37-39,59H,17-22,49H2,1-11H3,(H,50,68)(H,51,67)(H,52,63)(H,53,70)(H,54,65)(H,55,69)(H,56,60)(H,57,64)(H,58,66)(H,61,62)(H,71,72)/t28-,30-,31-,32-,33-,34-,37-,38-,39-/m0/s1. The van der Waals surface area contributed by atoms with E-state index in [1.807, 2.05) is 0 Å². The van der Waals surface area contributed by atoms with E-state index in [4.69, 9.17) is 5.73 Å². The van der Waals surface area contributed by atoms with Crippen LogP contribution in [0.3, 0.4) is 0 Å². The lowest BCUT2D eigenvalue weighted by molar-refractivity contribution is -0.143. The highest BCUT2D eigenvalue weighted by Crippen LogP contribution is 2.11. The van der Waals surface area contributed by atoms with Crippen LogP contribution in [-0.4, -0.2) is 148 Å². The lowest BCUT2D eigenvalue weighted by Gasteiger charge is -2.28. The quantitative estimate of drug-likeness (QED) is 0.0390. The smallest absolute Gasteiger partial charge is 0.326 e. The summed E-state index contributed by atoms with van der Waals surface area (Å²) in [4.78, 5) is 143. The van der Waals surface area contributed by atoms with Gasteiger partial charge in [-0.15, -0.1) is 0 Å². The second kappa shape index (κ2) is 30.9. The molecule has 0 aliphatic rings. The number of amides is 9. The van der Waals surface area contributed by atoms with Crippen molar-refractivity contribution < 1.29 is 68.1 Å². The Kier molecular flexibility index (Phi) is 27.2. The van der Waals surface area contributed by atoms with Gasteiger partial charge in [0.15, 0.2) is 0 Å². The zero-order valence-electron chi connectivity index (χ0n) is 43.1. The number of hydrogen-bond acceptors (Lipinski definition) is 13. The summed E-state index contributed by atoms with van der Waals surface area (Å²) in [5.74, 6) is -12.5. The Hall–Kier alpha value is -6.69. The molecule has 0 spiro atoms. The molecule has 0 unspecified atom stereocenters. The van der Waals surface area contributed by atoms with E-state index < -0.39 is 157 Å². The number of hydrogen-bond donors (Lipinski definition) is 13. The molecule has 0 bridgehead atoms. The molecule has 1 aromatic carbocycles. The van der Waals surface area contributed by atoms with Gasteiger partial charge in [-0.2, -0.15) is 0 Å². The maximum atomic E-state index is 13.5. The molecular formula is C48H78N10O14. The van der Waals surface area contributed by atoms with Crippen molar-refractivity contribution in [3.63, 3.8) is 0 Å². The number of carboxylic acid groups (broad SMARTS) is 2. The minimum absolute atomic E-state index is 0.0590. The number of aliphatic carboxylic acids is 2. The number of aliphatic hydroxyl groups excluding tert-OH is 1. The van der Waals surface area contributed by atoms with Crippen molar-refractivity contribution in [2.24, 2.45) is 35.3 Å². The SMILES string of the molecule is CC(C)C[C@H](NC(=O)[C@H](CC(C)C)NC(=O)[C@H](C)NC(=O)[C@H](CO)NC(=O)[C@@H](NC(=O)CNC(=O)[C@@H](NC(=O)[C@H](CC(=O)O)NC(=O)[C@@H](NC(=O)[C@@H](N)Cc1ccccc1)C(C)C)C(C)C)C(C)C)C(=O)O. The van der Waals surface area contributed by atoms with Gasteiger partial charge < -0.3 is 68.9 Å². The molecule has 0 heterocycles. The van der Waals surface area contributed by atoms with E-state index in [2.05, 4.69) is 47.9 Å². The second-order valence-corrected chi connectivity index (χ2v) is 19.6. The van der Waals surface area contributed by atoms with Crippen LogP contribution in [0, 0.1) is 29.6 Å². The highest BCUT2D eigenvalue weighted by Gasteiger charge is 2.36. The average Bonchev–Trinajstić information content (AvgIpc) is 3.28. The van der Waals surface area contributed by atoms with Gasteiger partial charge in [0.2, 0.25) is 53.2 Å². The summed E-state index contributed by atoms with van der Waals surface area (Å²) in [6, 6.07) is -3.07. The Morgan fingerprint density at radius 1 is 0.486 bits per heavy atom. The van der Waals surface area contributed by atoms with Crippen LogP contribution < -0.4 is 53.6 Å². The number of rotatable bonds is 31. The molecule has 0 aliphatic heterocycles. The highest BCUT2D eigenvalue weighted by molar-refractivity contribution is 5.98. The summed E-state index contributed by atoms with van der Waals surface area (Å²) < 4.78 is 0. The molecular weight excluding hydrogens is 941 g/mol. The third kappa shape index (κ3) is 22.6. The second-order valence-electron chi connectivity index (χ2n) is 19.6. The molecule has 0 fully saturated rings. The molecule has 1 aromatic rings. The van der Waals surface area contributed by atoms with E-state index >= 15 is 0 Å². The van der Waals surface area contributed by atoms with Crippen LogP contribution in [0.25, 0.3) is 0 Å². The van der Waals surface area contributed by atoms with Crippen molar-refractivity contribution in [3.05, 3.63) is 35.9 Å². The van der Waals surface area contributed by atoms with Crippen molar-refractivity contribution in [2.45, 2.75) is 156 Å². The van der Waals surface area contributed by atoms with Crippen LogP contribution in [-0.2, 0) is 59.2 Å². The van der Waals surface area contributed by atoms with Crippen LogP contribution >= 0.6 is 0 Å². The first-order valence-electron chi connectivity index (χ1n) is 24.0. The van der Waals surface area contributed by atoms with Gasteiger partial charge in [0.05, 0.1) is 25.6 Å². The number of carbonyl (C=O) groups excluding carboxylic acids is 9. The molecule has 0 saturated heterocycles. The molecule has 0 aliphatic carbocycles. The first-order valence-corrected chi connectivity index (χ1v) is 24.0. The Balaban J connectivity index is 3.00. The molecule has 24 heteroatoms. The maximum Gasteiger partial charge on any atom is 0.326 e. The Morgan fingerprint density at radius 2 is 0.917 bits per heavy atom. The molecule has 0 aromatic heterocycles. The van der Waals surface area contributed by atoms with Gasteiger partial charge >= 0.3 is 11.9 Å². The number of carbonyl (C=O) groups is 11. The fourth-order valence-corrected chi connectivity index (χ4v) is 7.03. The molecule has 72 heavy (non-hydrogen) atoms. The topological polar surface area (TPSA) is 383 Å². The van der Waals surface area contributed by atoms with Gasteiger partial charge in [-0.1, -0.05) is 99.6 Å². The van der Waals surface area contributed by atoms with E-state index in [0.29, 0.717) is 0 Å². The minimum Gasteiger partial charge on any atom is -0.481 e. The van der Waals surface area contributed by atoms with Crippen LogP contribution in [0.2, 0.25) is 0 Å². The van der Waals surface area contributed by atoms with Gasteiger partial charge in [-0.25, -0.2) is 4.79 Å². The summed E-state index contributed by atoms with van der Waals surface area (Å²) in [6.45, 7) is 16.2. The number of aliphatic hydroxyl groups is 1. The van der Waals surface area contributed by atoms with Crippen LogP contribution in [0.1, 0.15) is 101 Å². The molecule has 1 rings (SSSR count). The molecule has 0 radical (unpaired) electrons. The van der Waals surface area contributed by atoms with E-state index in [0.717, 1.165) is 5.56 Å². The van der Waals surface area contributed by atoms with Crippen LogP contribution in [0.4, 0.5) is 0 Å². The molecule has 24 nitrogen and oxygen atoms in total. The van der Waals surface area contributed by atoms with Crippen molar-refractivity contribution in [1.29, 1.82) is 0 Å². The van der Waals surface area contributed by atoms with Gasteiger partial charge in [-0.05, 0) is 61.3 Å². The van der Waals surface area contributed by atoms with Crippen molar-refractivity contribution in [3.8, 4) is 0 Å². The first kappa shape index (κ1) is 63.3. The lowest BCUT2D eigenvalue weighted by atomic mass is 10.00. The predicted octanol–water partition coefficient (Wildman–Crippen LogP) is -1.82. The summed E-state index contributed by atoms with van der Waals surface area (Å²) in [5.41, 5.74) is 6.88. The summed E-state index contributed by atoms with van der Waals surface area (Å²) in [7, 11) is 0. The van der Waals surface area contributed by atoms with Gasteiger partial charge in [0.1, 0.15) is 48.3 Å². The summed E-state index contributed by atoms with van der Waals surface area (Å²) in [5, 5.41) is 51.1. The van der Waals surface area contributed by atoms with Crippen LogP contribution in [0.15, 0.2) is 30.3 Å². The van der Waals surface area contributed by atoms with Gasteiger partial charge in [0, 0.05) is 0 Å². The first-order chi connectivity index (χ1) is 33.5. The normalized spacial score (nSPS) is 15.1. The van der Waals surface area contributed by atoms with E-state index in [-0.39, 0.29) is 31.1 Å². The van der Waals surface area contributed by atoms with Crippen molar-refractivity contribution >= 4 is 65.1 Å². The Bertz CT molecular complexity index is 2030. The number of nitrogens with one attached hydrogen (secondary N) is 9. The molecule has 9 amide bonds. The van der Waals surface area contributed by atoms with Crippen molar-refractivity contribution in [1.82, 2.24) is 47.9 Å². The zero-order chi connectivity index (χ0) is 55.2. The van der Waals surface area contributed by atoms with Gasteiger partial charge in [-0.3, -0.25) is 47.9 Å². The summed E-state index contributed by atoms with van der Waals surface area (Å²) >= 11 is 0. The third-order valence-corrected chi connectivity index (χ3v) is 11.1. The third-order valence-electron chi connectivity index (χ3n) is 11.1. The number of nitrogens with two attached hydrogens (primary N) is 1. The van der Waals surface area contributed by atoms with E-state index in [1.165, 1.54) is 6.92 Å². The molecule has 9 atom stereocenters. The zero-order valence-corrected chi connectivity index (χ0v) is 43.1. The minimum atomic E-state index is -1.71. The molecule has 0 saturated carbocycles. The molecule has 14 N–H and O–H groups in total. The number of benzene rings is 1. The fourth-order valence-electron chi connectivity index (χ4n) is 7.03. The largest absolute Gasteiger partial charge is 0.481 e. The van der Waals surface area contributed by atoms with E-state index in [9.17, 15) is 68.1 Å². The maximum absolute atomic E-state index is 13.5. The number of carboxylic acids is 2. The average molecular weight is 1020 g/mol. The van der Waals surface area contributed by atoms with E-state index in [1.54, 1.807) is 99.6 Å². The fraction of sp³-hybridized carbons (Fsp3) is 0.646. The Labute approximate surface area is 420 Å². The Morgan fingerprint density at radius 3 is 1.40 bits per heavy atom. The predicted molar refractivity (Wildman–Crippen MR) is 263 cm³/mol. The monoisotopic (exact) mass is 1020 g/mol. The molecule has 404 valence electrons. The summed E-state index contributed by atoms with van der Waals surface area (Å²) in [6.07, 6.45) is -0.461. The van der Waals surface area contributed by atoms with Gasteiger partial charge in [0.25, 0.3) is 0 Å².